The number of anilines is 1. The minimum atomic E-state index is -0.577. The molecule has 1 saturated heterocycles. The lowest BCUT2D eigenvalue weighted by atomic mass is 10.1. The molecule has 0 aromatic carbocycles. The van der Waals surface area contributed by atoms with Gasteiger partial charge in [-0.05, 0) is 12.3 Å². The SMILES string of the molecule is CNC(=O)C[C@@H]1CCN(c2ncc(F)c(OC)n2)C1. The van der Waals surface area contributed by atoms with E-state index in [9.17, 15) is 9.18 Å². The molecule has 0 radical (unpaired) electrons. The van der Waals surface area contributed by atoms with Crippen LogP contribution >= 0.6 is 0 Å². The maximum absolute atomic E-state index is 13.2. The molecule has 1 aliphatic rings. The second-order valence-electron chi connectivity index (χ2n) is 4.51. The van der Waals surface area contributed by atoms with Crippen molar-refractivity contribution in [1.82, 2.24) is 15.3 Å². The third kappa shape index (κ3) is 3.10. The summed E-state index contributed by atoms with van der Waals surface area (Å²) >= 11 is 0. The summed E-state index contributed by atoms with van der Waals surface area (Å²) in [7, 11) is 3.00. The molecular formula is C12H17FN4O2. The Bertz CT molecular complexity index is 469. The van der Waals surface area contributed by atoms with Crippen LogP contribution in [0.15, 0.2) is 6.20 Å². The summed E-state index contributed by atoms with van der Waals surface area (Å²) in [6.45, 7) is 1.46. The summed E-state index contributed by atoms with van der Waals surface area (Å²) in [6.07, 6.45) is 2.50. The van der Waals surface area contributed by atoms with Crippen LogP contribution in [0.3, 0.4) is 0 Å². The predicted molar refractivity (Wildman–Crippen MR) is 67.5 cm³/mol. The molecule has 0 unspecified atom stereocenters. The van der Waals surface area contributed by atoms with Gasteiger partial charge >= 0.3 is 0 Å². The van der Waals surface area contributed by atoms with E-state index in [1.807, 2.05) is 4.90 Å². The summed E-state index contributed by atoms with van der Waals surface area (Å²) in [4.78, 5) is 21.3. The first-order valence-electron chi connectivity index (χ1n) is 6.16. The van der Waals surface area contributed by atoms with Gasteiger partial charge in [0.05, 0.1) is 13.3 Å². The van der Waals surface area contributed by atoms with Crippen molar-refractivity contribution in [2.45, 2.75) is 12.8 Å². The maximum Gasteiger partial charge on any atom is 0.255 e. The van der Waals surface area contributed by atoms with Crippen LogP contribution < -0.4 is 15.0 Å². The molecule has 0 saturated carbocycles. The standard InChI is InChI=1S/C12H17FN4O2/c1-14-10(18)5-8-3-4-17(7-8)12-15-6-9(13)11(16-12)19-2/h6,8H,3-5,7H2,1-2H3,(H,14,18)/t8-/m0/s1. The molecule has 0 spiro atoms. The van der Waals surface area contributed by atoms with Crippen molar-refractivity contribution in [3.05, 3.63) is 12.0 Å². The Hall–Kier alpha value is -1.92. The Morgan fingerprint density at radius 3 is 3.16 bits per heavy atom. The van der Waals surface area contributed by atoms with Crippen LogP contribution in [0.1, 0.15) is 12.8 Å². The first-order chi connectivity index (χ1) is 9.13. The zero-order chi connectivity index (χ0) is 13.8. The Labute approximate surface area is 111 Å². The van der Waals surface area contributed by atoms with Crippen LogP contribution in [0.25, 0.3) is 0 Å². The van der Waals surface area contributed by atoms with Gasteiger partial charge in [-0.3, -0.25) is 4.79 Å². The van der Waals surface area contributed by atoms with Crippen LogP contribution in [-0.4, -0.2) is 43.1 Å². The van der Waals surface area contributed by atoms with Crippen molar-refractivity contribution in [3.8, 4) is 5.88 Å². The van der Waals surface area contributed by atoms with Gasteiger partial charge in [-0.15, -0.1) is 0 Å². The summed E-state index contributed by atoms with van der Waals surface area (Å²) in [5, 5.41) is 2.61. The van der Waals surface area contributed by atoms with Gasteiger partial charge in [-0.25, -0.2) is 4.98 Å². The third-order valence-corrected chi connectivity index (χ3v) is 3.21. The average molecular weight is 268 g/mol. The van der Waals surface area contributed by atoms with Gasteiger partial charge in [-0.2, -0.15) is 9.37 Å². The fourth-order valence-electron chi connectivity index (χ4n) is 2.18. The molecule has 0 aliphatic carbocycles. The van der Waals surface area contributed by atoms with E-state index in [0.717, 1.165) is 19.2 Å². The lowest BCUT2D eigenvalue weighted by Crippen LogP contribution is -2.25. The van der Waals surface area contributed by atoms with Gasteiger partial charge in [0.25, 0.3) is 5.88 Å². The number of carbonyl (C=O) groups is 1. The zero-order valence-electron chi connectivity index (χ0n) is 11.0. The monoisotopic (exact) mass is 268 g/mol. The number of halogens is 1. The van der Waals surface area contributed by atoms with Crippen molar-refractivity contribution in [1.29, 1.82) is 0 Å². The van der Waals surface area contributed by atoms with Gasteiger partial charge < -0.3 is 15.0 Å². The number of hydrogen-bond donors (Lipinski definition) is 1. The van der Waals surface area contributed by atoms with Gasteiger partial charge in [0.15, 0.2) is 0 Å². The van der Waals surface area contributed by atoms with Crippen LogP contribution in [-0.2, 0) is 4.79 Å². The molecule has 7 heteroatoms. The van der Waals surface area contributed by atoms with Crippen LogP contribution in [0.4, 0.5) is 10.3 Å². The number of ether oxygens (including phenoxy) is 1. The molecule has 1 aliphatic heterocycles. The molecule has 104 valence electrons. The maximum atomic E-state index is 13.2. The first kappa shape index (κ1) is 13.5. The zero-order valence-corrected chi connectivity index (χ0v) is 11.0. The lowest BCUT2D eigenvalue weighted by Gasteiger charge is -2.16. The summed E-state index contributed by atoms with van der Waals surface area (Å²) < 4.78 is 18.1. The molecule has 1 aromatic heterocycles. The molecule has 2 heterocycles. The Kier molecular flexibility index (Phi) is 4.13. The number of nitrogens with one attached hydrogen (secondary N) is 1. The minimum absolute atomic E-state index is 0.0319. The number of nitrogens with zero attached hydrogens (tertiary/aromatic N) is 3. The van der Waals surface area contributed by atoms with Gasteiger partial charge in [-0.1, -0.05) is 0 Å². The van der Waals surface area contributed by atoms with E-state index in [4.69, 9.17) is 4.74 Å². The number of aromatic nitrogens is 2. The highest BCUT2D eigenvalue weighted by molar-refractivity contribution is 5.75. The number of amides is 1. The van der Waals surface area contributed by atoms with Crippen LogP contribution in [0, 0.1) is 11.7 Å². The van der Waals surface area contributed by atoms with E-state index in [1.165, 1.54) is 7.11 Å². The smallest absolute Gasteiger partial charge is 0.255 e. The number of carbonyl (C=O) groups excluding carboxylic acids is 1. The molecule has 1 amide bonds. The Morgan fingerprint density at radius 2 is 2.47 bits per heavy atom. The average Bonchev–Trinajstić information content (AvgIpc) is 2.87. The van der Waals surface area contributed by atoms with E-state index >= 15 is 0 Å². The van der Waals surface area contributed by atoms with Crippen molar-refractivity contribution in [3.63, 3.8) is 0 Å². The molecule has 0 bridgehead atoms. The number of rotatable bonds is 4. The molecule has 1 aromatic rings. The molecule has 6 nitrogen and oxygen atoms in total. The summed E-state index contributed by atoms with van der Waals surface area (Å²) in [5.41, 5.74) is 0. The molecular weight excluding hydrogens is 251 g/mol. The first-order valence-corrected chi connectivity index (χ1v) is 6.16. The normalized spacial score (nSPS) is 18.5. The molecule has 2 rings (SSSR count). The molecule has 1 fully saturated rings. The quantitative estimate of drug-likeness (QED) is 0.865. The number of methoxy groups -OCH3 is 1. The fraction of sp³-hybridized carbons (Fsp3) is 0.583. The highest BCUT2D eigenvalue weighted by Crippen LogP contribution is 2.24. The Morgan fingerprint density at radius 1 is 1.68 bits per heavy atom. The van der Waals surface area contributed by atoms with E-state index in [0.29, 0.717) is 18.9 Å². The van der Waals surface area contributed by atoms with Crippen LogP contribution in [0.2, 0.25) is 0 Å². The highest BCUT2D eigenvalue weighted by atomic mass is 19.1. The van der Waals surface area contributed by atoms with Gasteiger partial charge in [0.2, 0.25) is 17.7 Å². The lowest BCUT2D eigenvalue weighted by molar-refractivity contribution is -0.121. The third-order valence-electron chi connectivity index (χ3n) is 3.21. The Balaban J connectivity index is 2.02. The second-order valence-corrected chi connectivity index (χ2v) is 4.51. The van der Waals surface area contributed by atoms with E-state index in [2.05, 4.69) is 15.3 Å². The van der Waals surface area contributed by atoms with Crippen molar-refractivity contribution in [2.75, 3.05) is 32.1 Å². The van der Waals surface area contributed by atoms with Crippen molar-refractivity contribution < 1.29 is 13.9 Å². The summed E-state index contributed by atoms with van der Waals surface area (Å²) in [6, 6.07) is 0. The number of hydrogen-bond acceptors (Lipinski definition) is 5. The van der Waals surface area contributed by atoms with Crippen molar-refractivity contribution >= 4 is 11.9 Å². The van der Waals surface area contributed by atoms with Gasteiger partial charge in [0.1, 0.15) is 0 Å². The molecule has 19 heavy (non-hydrogen) atoms. The highest BCUT2D eigenvalue weighted by Gasteiger charge is 2.26. The summed E-state index contributed by atoms with van der Waals surface area (Å²) in [5.74, 6) is 0.119. The van der Waals surface area contributed by atoms with Crippen molar-refractivity contribution in [2.24, 2.45) is 5.92 Å². The predicted octanol–water partition coefficient (Wildman–Crippen LogP) is 0.587. The van der Waals surface area contributed by atoms with E-state index < -0.39 is 5.82 Å². The fourth-order valence-corrected chi connectivity index (χ4v) is 2.18. The van der Waals surface area contributed by atoms with E-state index in [1.54, 1.807) is 7.05 Å². The van der Waals surface area contributed by atoms with Crippen LogP contribution in [0.5, 0.6) is 5.88 Å². The minimum Gasteiger partial charge on any atom is -0.479 e. The molecule has 1 N–H and O–H groups in total. The largest absolute Gasteiger partial charge is 0.479 e. The topological polar surface area (TPSA) is 67.4 Å². The molecule has 1 atom stereocenters. The second kappa shape index (κ2) is 5.81. The van der Waals surface area contributed by atoms with E-state index in [-0.39, 0.29) is 17.7 Å². The van der Waals surface area contributed by atoms with Gasteiger partial charge in [0, 0.05) is 26.6 Å².